The van der Waals surface area contributed by atoms with E-state index in [0.717, 1.165) is 16.5 Å². The third-order valence-corrected chi connectivity index (χ3v) is 3.20. The molecule has 0 bridgehead atoms. The number of fused-ring (bicyclic) bond motifs is 1. The van der Waals surface area contributed by atoms with Crippen LogP contribution in [0.1, 0.15) is 16.1 Å². The molecule has 0 aliphatic carbocycles. The quantitative estimate of drug-likeness (QED) is 0.746. The Morgan fingerprint density at radius 2 is 1.74 bits per heavy atom. The molecule has 0 spiro atoms. The van der Waals surface area contributed by atoms with Crippen LogP contribution in [0.5, 0.6) is 0 Å². The first-order valence-electron chi connectivity index (χ1n) is 5.99. The van der Waals surface area contributed by atoms with Gasteiger partial charge in [0, 0.05) is 10.9 Å². The van der Waals surface area contributed by atoms with Crippen molar-refractivity contribution in [2.24, 2.45) is 0 Å². The lowest BCUT2D eigenvalue weighted by Gasteiger charge is -2.04. The first kappa shape index (κ1) is 11.5. The van der Waals surface area contributed by atoms with Gasteiger partial charge in [0.15, 0.2) is 0 Å². The van der Waals surface area contributed by atoms with E-state index in [1.54, 1.807) is 6.07 Å². The van der Waals surface area contributed by atoms with E-state index in [4.69, 9.17) is 4.42 Å². The predicted octanol–water partition coefficient (Wildman–Crippen LogP) is 4.11. The summed E-state index contributed by atoms with van der Waals surface area (Å²) < 4.78 is 5.47. The van der Waals surface area contributed by atoms with Crippen LogP contribution < -0.4 is 0 Å². The van der Waals surface area contributed by atoms with E-state index in [-0.39, 0.29) is 5.76 Å². The van der Waals surface area contributed by atoms with Crippen molar-refractivity contribution in [3.8, 4) is 11.1 Å². The Bertz CT molecular complexity index is 769. The summed E-state index contributed by atoms with van der Waals surface area (Å²) in [5.74, 6) is -1.05. The highest BCUT2D eigenvalue weighted by Gasteiger charge is 2.21. The van der Waals surface area contributed by atoms with Crippen molar-refractivity contribution in [2.75, 3.05) is 0 Å². The maximum Gasteiger partial charge on any atom is 0.372 e. The number of aromatic carboxylic acids is 1. The summed E-state index contributed by atoms with van der Waals surface area (Å²) in [5, 5.41) is 10.2. The van der Waals surface area contributed by atoms with Gasteiger partial charge in [-0.15, -0.1) is 0 Å². The van der Waals surface area contributed by atoms with Gasteiger partial charge < -0.3 is 9.52 Å². The highest BCUT2D eigenvalue weighted by Crippen LogP contribution is 2.36. The SMILES string of the molecule is Cc1ccccc1-c1c(C(=O)O)oc2ccccc12. The molecular formula is C16H12O3. The van der Waals surface area contributed by atoms with Crippen molar-refractivity contribution in [1.29, 1.82) is 0 Å². The third kappa shape index (κ3) is 1.80. The van der Waals surface area contributed by atoms with Gasteiger partial charge >= 0.3 is 5.97 Å². The van der Waals surface area contributed by atoms with Crippen LogP contribution in [-0.2, 0) is 0 Å². The number of carboxylic acids is 1. The number of furan rings is 1. The van der Waals surface area contributed by atoms with E-state index in [1.807, 2.05) is 49.4 Å². The number of para-hydroxylation sites is 1. The molecule has 0 saturated carbocycles. The minimum Gasteiger partial charge on any atom is -0.475 e. The fourth-order valence-corrected chi connectivity index (χ4v) is 2.32. The fraction of sp³-hybridized carbons (Fsp3) is 0.0625. The topological polar surface area (TPSA) is 50.4 Å². The summed E-state index contributed by atoms with van der Waals surface area (Å²) in [6.45, 7) is 1.96. The second-order valence-electron chi connectivity index (χ2n) is 4.42. The van der Waals surface area contributed by atoms with Gasteiger partial charge in [-0.1, -0.05) is 42.5 Å². The van der Waals surface area contributed by atoms with E-state index in [9.17, 15) is 9.90 Å². The second-order valence-corrected chi connectivity index (χ2v) is 4.42. The van der Waals surface area contributed by atoms with Crippen molar-refractivity contribution in [2.45, 2.75) is 6.92 Å². The summed E-state index contributed by atoms with van der Waals surface area (Å²) in [4.78, 5) is 11.4. The zero-order chi connectivity index (χ0) is 13.4. The molecule has 19 heavy (non-hydrogen) atoms. The number of rotatable bonds is 2. The third-order valence-electron chi connectivity index (χ3n) is 3.20. The zero-order valence-corrected chi connectivity index (χ0v) is 10.4. The van der Waals surface area contributed by atoms with Crippen molar-refractivity contribution in [3.05, 3.63) is 59.9 Å². The van der Waals surface area contributed by atoms with Crippen LogP contribution in [0.2, 0.25) is 0 Å². The number of benzene rings is 2. The average Bonchev–Trinajstić information content (AvgIpc) is 2.79. The number of aryl methyl sites for hydroxylation is 1. The summed E-state index contributed by atoms with van der Waals surface area (Å²) in [7, 11) is 0. The molecule has 94 valence electrons. The van der Waals surface area contributed by atoms with Crippen LogP contribution in [0, 0.1) is 6.92 Å². The Morgan fingerprint density at radius 3 is 2.47 bits per heavy atom. The molecule has 0 unspecified atom stereocenters. The maximum absolute atomic E-state index is 11.4. The molecule has 0 atom stereocenters. The predicted molar refractivity (Wildman–Crippen MR) is 73.3 cm³/mol. The molecule has 0 fully saturated rings. The van der Waals surface area contributed by atoms with Gasteiger partial charge in [-0.05, 0) is 24.1 Å². The molecule has 1 N–H and O–H groups in total. The average molecular weight is 252 g/mol. The lowest BCUT2D eigenvalue weighted by molar-refractivity contribution is 0.0666. The molecule has 3 rings (SSSR count). The van der Waals surface area contributed by atoms with E-state index >= 15 is 0 Å². The molecule has 3 aromatic rings. The Hall–Kier alpha value is -2.55. The molecule has 3 nitrogen and oxygen atoms in total. The molecule has 0 amide bonds. The number of carboxylic acid groups (broad SMARTS) is 1. The molecule has 1 heterocycles. The number of hydrogen-bond acceptors (Lipinski definition) is 2. The Morgan fingerprint density at radius 1 is 1.05 bits per heavy atom. The summed E-state index contributed by atoms with van der Waals surface area (Å²) in [6, 6.07) is 15.1. The minimum absolute atomic E-state index is 0.00417. The van der Waals surface area contributed by atoms with Gasteiger partial charge in [0.25, 0.3) is 0 Å². The smallest absolute Gasteiger partial charge is 0.372 e. The van der Waals surface area contributed by atoms with Gasteiger partial charge in [-0.2, -0.15) is 0 Å². The molecule has 3 heteroatoms. The molecule has 0 aliphatic heterocycles. The van der Waals surface area contributed by atoms with Crippen molar-refractivity contribution in [1.82, 2.24) is 0 Å². The molecule has 0 saturated heterocycles. The van der Waals surface area contributed by atoms with Gasteiger partial charge in [0.1, 0.15) is 5.58 Å². The normalized spacial score (nSPS) is 10.8. The van der Waals surface area contributed by atoms with E-state index in [0.29, 0.717) is 11.1 Å². The fourth-order valence-electron chi connectivity index (χ4n) is 2.32. The summed E-state index contributed by atoms with van der Waals surface area (Å²) in [5.41, 5.74) is 3.17. The van der Waals surface area contributed by atoms with E-state index < -0.39 is 5.97 Å². The Labute approximate surface area is 110 Å². The lowest BCUT2D eigenvalue weighted by atomic mass is 9.98. The van der Waals surface area contributed by atoms with Crippen LogP contribution in [-0.4, -0.2) is 11.1 Å². The van der Waals surface area contributed by atoms with Gasteiger partial charge in [-0.3, -0.25) is 0 Å². The first-order valence-corrected chi connectivity index (χ1v) is 5.99. The van der Waals surface area contributed by atoms with Crippen LogP contribution in [0.4, 0.5) is 0 Å². The van der Waals surface area contributed by atoms with Crippen molar-refractivity contribution < 1.29 is 14.3 Å². The number of carbonyl (C=O) groups is 1. The summed E-state index contributed by atoms with van der Waals surface area (Å²) >= 11 is 0. The molecular weight excluding hydrogens is 240 g/mol. The highest BCUT2D eigenvalue weighted by molar-refractivity contribution is 6.06. The van der Waals surface area contributed by atoms with Crippen molar-refractivity contribution in [3.63, 3.8) is 0 Å². The van der Waals surface area contributed by atoms with Gasteiger partial charge in [0.05, 0.1) is 0 Å². The van der Waals surface area contributed by atoms with Gasteiger partial charge in [0.2, 0.25) is 5.76 Å². The van der Waals surface area contributed by atoms with Crippen molar-refractivity contribution >= 4 is 16.9 Å². The lowest BCUT2D eigenvalue weighted by Crippen LogP contribution is -1.96. The molecule has 2 aromatic carbocycles. The maximum atomic E-state index is 11.4. The van der Waals surface area contributed by atoms with Crippen LogP contribution in [0.3, 0.4) is 0 Å². The van der Waals surface area contributed by atoms with E-state index in [1.165, 1.54) is 0 Å². The van der Waals surface area contributed by atoms with Crippen LogP contribution >= 0.6 is 0 Å². The Balaban J connectivity index is 2.42. The van der Waals surface area contributed by atoms with Gasteiger partial charge in [-0.25, -0.2) is 4.79 Å². The van der Waals surface area contributed by atoms with Crippen LogP contribution in [0.15, 0.2) is 52.9 Å². The zero-order valence-electron chi connectivity index (χ0n) is 10.4. The minimum atomic E-state index is -1.05. The monoisotopic (exact) mass is 252 g/mol. The highest BCUT2D eigenvalue weighted by atomic mass is 16.4. The second kappa shape index (κ2) is 4.28. The van der Waals surface area contributed by atoms with E-state index in [2.05, 4.69) is 0 Å². The largest absolute Gasteiger partial charge is 0.475 e. The molecule has 1 aromatic heterocycles. The standard InChI is InChI=1S/C16H12O3/c1-10-6-2-3-7-11(10)14-12-8-4-5-9-13(12)19-15(14)16(17)18/h2-9H,1H3,(H,17,18). The summed E-state index contributed by atoms with van der Waals surface area (Å²) in [6.07, 6.45) is 0. The Kier molecular flexibility index (Phi) is 2.60. The molecule has 0 radical (unpaired) electrons. The first-order chi connectivity index (χ1) is 9.18. The van der Waals surface area contributed by atoms with Crippen LogP contribution in [0.25, 0.3) is 22.1 Å². The molecule has 0 aliphatic rings. The number of hydrogen-bond donors (Lipinski definition) is 1.